The summed E-state index contributed by atoms with van der Waals surface area (Å²) in [6.07, 6.45) is 3.27. The number of hydrogen-bond donors (Lipinski definition) is 0. The molecule has 0 unspecified atom stereocenters. The second-order valence-electron chi connectivity index (χ2n) is 7.23. The van der Waals surface area contributed by atoms with Gasteiger partial charge < -0.3 is 24.0 Å². The molecule has 0 saturated carbocycles. The summed E-state index contributed by atoms with van der Waals surface area (Å²) >= 11 is 0. The minimum atomic E-state index is -0.0807. The van der Waals surface area contributed by atoms with Gasteiger partial charge in [0.25, 0.3) is 5.91 Å². The molecule has 1 heterocycles. The van der Waals surface area contributed by atoms with Gasteiger partial charge >= 0.3 is 0 Å². The van der Waals surface area contributed by atoms with E-state index >= 15 is 0 Å². The van der Waals surface area contributed by atoms with E-state index in [1.165, 1.54) is 0 Å². The smallest absolute Gasteiger partial charge is 0.254 e. The van der Waals surface area contributed by atoms with Crippen molar-refractivity contribution in [3.05, 3.63) is 17.7 Å². The Balaban J connectivity index is 2.19. The zero-order valence-electron chi connectivity index (χ0n) is 18.9. The van der Waals surface area contributed by atoms with Crippen LogP contribution in [0.15, 0.2) is 12.1 Å². The monoisotopic (exact) mass is 420 g/mol. The van der Waals surface area contributed by atoms with Crippen LogP contribution in [0.4, 0.5) is 0 Å². The number of hydrogen-bond acceptors (Lipinski definition) is 5. The number of nitrogens with zero attached hydrogens (tertiary/aromatic N) is 2. The maximum absolute atomic E-state index is 13.3. The molecule has 7 nitrogen and oxygen atoms in total. The van der Waals surface area contributed by atoms with Crippen molar-refractivity contribution in [2.75, 3.05) is 46.0 Å². The predicted molar refractivity (Wildman–Crippen MR) is 117 cm³/mol. The van der Waals surface area contributed by atoms with E-state index in [-0.39, 0.29) is 11.8 Å². The number of carbonyl (C=O) groups is 2. The first-order valence-electron chi connectivity index (χ1n) is 11.2. The fraction of sp³-hybridized carbons (Fsp3) is 0.652. The third kappa shape index (κ3) is 6.28. The molecule has 2 rings (SSSR count). The van der Waals surface area contributed by atoms with E-state index in [4.69, 9.17) is 14.2 Å². The number of amides is 2. The van der Waals surface area contributed by atoms with Gasteiger partial charge in [0.1, 0.15) is 0 Å². The minimum Gasteiger partial charge on any atom is -0.490 e. The molecule has 0 atom stereocenters. The van der Waals surface area contributed by atoms with Crippen LogP contribution in [0, 0.1) is 0 Å². The first-order valence-corrected chi connectivity index (χ1v) is 11.2. The fourth-order valence-corrected chi connectivity index (χ4v) is 3.55. The van der Waals surface area contributed by atoms with E-state index in [2.05, 4.69) is 6.92 Å². The Labute approximate surface area is 180 Å². The van der Waals surface area contributed by atoms with Crippen LogP contribution in [-0.2, 0) is 4.79 Å². The van der Waals surface area contributed by atoms with Gasteiger partial charge in [-0.3, -0.25) is 9.59 Å². The number of unbranched alkanes of at least 4 members (excludes halogenated alkanes) is 1. The molecule has 1 aromatic rings. The lowest BCUT2D eigenvalue weighted by atomic mass is 10.1. The number of ether oxygens (including phenoxy) is 3. The highest BCUT2D eigenvalue weighted by Crippen LogP contribution is 2.39. The molecule has 0 aromatic heterocycles. The van der Waals surface area contributed by atoms with E-state index in [9.17, 15) is 9.59 Å². The van der Waals surface area contributed by atoms with Crippen LogP contribution in [0.25, 0.3) is 0 Å². The molecule has 1 aliphatic rings. The molecule has 1 aromatic carbocycles. The number of carbonyl (C=O) groups excluding carboxylic acids is 2. The minimum absolute atomic E-state index is 0.0807. The van der Waals surface area contributed by atoms with Gasteiger partial charge in [0, 0.05) is 38.2 Å². The topological polar surface area (TPSA) is 68.3 Å². The summed E-state index contributed by atoms with van der Waals surface area (Å²) in [6.45, 7) is 11.6. The lowest BCUT2D eigenvalue weighted by Gasteiger charge is -2.23. The van der Waals surface area contributed by atoms with E-state index in [1.54, 1.807) is 12.1 Å². The maximum atomic E-state index is 13.3. The second-order valence-corrected chi connectivity index (χ2v) is 7.23. The van der Waals surface area contributed by atoms with E-state index < -0.39 is 0 Å². The molecule has 1 saturated heterocycles. The molecule has 0 bridgehead atoms. The van der Waals surface area contributed by atoms with Gasteiger partial charge in [0.2, 0.25) is 11.7 Å². The molecule has 0 spiro atoms. The lowest BCUT2D eigenvalue weighted by molar-refractivity contribution is -0.131. The summed E-state index contributed by atoms with van der Waals surface area (Å²) in [7, 11) is 0. The van der Waals surface area contributed by atoms with Gasteiger partial charge in [-0.15, -0.1) is 0 Å². The van der Waals surface area contributed by atoms with Crippen LogP contribution in [0.5, 0.6) is 17.2 Å². The molecule has 168 valence electrons. The summed E-state index contributed by atoms with van der Waals surface area (Å²) in [6, 6.07) is 3.46. The Morgan fingerprint density at radius 2 is 1.40 bits per heavy atom. The average molecular weight is 421 g/mol. The number of benzene rings is 1. The van der Waals surface area contributed by atoms with Crippen LogP contribution in [0.3, 0.4) is 0 Å². The first kappa shape index (κ1) is 23.8. The highest BCUT2D eigenvalue weighted by molar-refractivity contribution is 5.95. The molecule has 2 amide bonds. The highest BCUT2D eigenvalue weighted by Gasteiger charge is 2.25. The molecular weight excluding hydrogens is 384 g/mol. The molecular formula is C23H36N2O5. The van der Waals surface area contributed by atoms with Crippen molar-refractivity contribution in [3.63, 3.8) is 0 Å². The predicted octanol–water partition coefficient (Wildman–Crippen LogP) is 3.75. The molecule has 0 aliphatic carbocycles. The lowest BCUT2D eigenvalue weighted by Crippen LogP contribution is -2.37. The summed E-state index contributed by atoms with van der Waals surface area (Å²) in [5, 5.41) is 0. The van der Waals surface area contributed by atoms with Crippen LogP contribution in [0.1, 0.15) is 63.7 Å². The molecule has 0 radical (unpaired) electrons. The van der Waals surface area contributed by atoms with E-state index in [0.29, 0.717) is 75.2 Å². The van der Waals surface area contributed by atoms with E-state index in [0.717, 1.165) is 19.3 Å². The van der Waals surface area contributed by atoms with Gasteiger partial charge in [-0.1, -0.05) is 13.3 Å². The highest BCUT2D eigenvalue weighted by atomic mass is 16.5. The van der Waals surface area contributed by atoms with Crippen LogP contribution >= 0.6 is 0 Å². The van der Waals surface area contributed by atoms with Crippen LogP contribution in [0.2, 0.25) is 0 Å². The first-order chi connectivity index (χ1) is 14.5. The quantitative estimate of drug-likeness (QED) is 0.577. The Hall–Kier alpha value is -2.44. The maximum Gasteiger partial charge on any atom is 0.254 e. The summed E-state index contributed by atoms with van der Waals surface area (Å²) < 4.78 is 17.2. The SMILES string of the molecule is CCCCC(=O)N1CCCN(C(=O)c2cc(OCC)c(OCC)c(OCC)c2)CC1. The van der Waals surface area contributed by atoms with Crippen LogP contribution in [-0.4, -0.2) is 67.6 Å². The third-order valence-corrected chi connectivity index (χ3v) is 5.04. The molecule has 7 heteroatoms. The fourth-order valence-electron chi connectivity index (χ4n) is 3.55. The Kier molecular flexibility index (Phi) is 9.77. The normalized spacial score (nSPS) is 14.3. The molecule has 30 heavy (non-hydrogen) atoms. The summed E-state index contributed by atoms with van der Waals surface area (Å²) in [5.74, 6) is 1.66. The van der Waals surface area contributed by atoms with Gasteiger partial charge in [-0.25, -0.2) is 0 Å². The van der Waals surface area contributed by atoms with Gasteiger partial charge in [-0.2, -0.15) is 0 Å². The molecule has 1 fully saturated rings. The summed E-state index contributed by atoms with van der Waals surface area (Å²) in [5.41, 5.74) is 0.510. The zero-order valence-corrected chi connectivity index (χ0v) is 18.9. The standard InChI is InChI=1S/C23H36N2O5/c1-5-9-11-21(26)24-12-10-13-25(15-14-24)23(27)18-16-19(28-6-2)22(30-8-4)20(17-18)29-7-3/h16-17H,5-15H2,1-4H3. The third-order valence-electron chi connectivity index (χ3n) is 5.04. The second kappa shape index (κ2) is 12.3. The van der Waals surface area contributed by atoms with Crippen molar-refractivity contribution in [1.82, 2.24) is 9.80 Å². The summed E-state index contributed by atoms with van der Waals surface area (Å²) in [4.78, 5) is 29.3. The van der Waals surface area contributed by atoms with E-state index in [1.807, 2.05) is 30.6 Å². The molecule has 0 N–H and O–H groups in total. The number of rotatable bonds is 10. The van der Waals surface area contributed by atoms with Crippen molar-refractivity contribution in [3.8, 4) is 17.2 Å². The van der Waals surface area contributed by atoms with Gasteiger partial charge in [0.15, 0.2) is 11.5 Å². The Bertz CT molecular complexity index is 680. The Morgan fingerprint density at radius 3 is 1.97 bits per heavy atom. The average Bonchev–Trinajstić information content (AvgIpc) is 3.00. The largest absolute Gasteiger partial charge is 0.490 e. The van der Waals surface area contributed by atoms with Crippen LogP contribution < -0.4 is 14.2 Å². The van der Waals surface area contributed by atoms with Crippen molar-refractivity contribution < 1.29 is 23.8 Å². The molecule has 1 aliphatic heterocycles. The zero-order chi connectivity index (χ0) is 21.9. The van der Waals surface area contributed by atoms with Gasteiger partial charge in [-0.05, 0) is 45.7 Å². The van der Waals surface area contributed by atoms with Crippen molar-refractivity contribution in [1.29, 1.82) is 0 Å². The van der Waals surface area contributed by atoms with Gasteiger partial charge in [0.05, 0.1) is 19.8 Å². The van der Waals surface area contributed by atoms with Crippen molar-refractivity contribution in [2.24, 2.45) is 0 Å². The van der Waals surface area contributed by atoms with Crippen molar-refractivity contribution in [2.45, 2.75) is 53.4 Å². The van der Waals surface area contributed by atoms with Crippen molar-refractivity contribution >= 4 is 11.8 Å². The Morgan fingerprint density at radius 1 is 0.833 bits per heavy atom.